The minimum Gasteiger partial charge on any atom is -0.396 e. The molecular formula is C11H16O2. The Bertz CT molecular complexity index is 221. The number of hydrogen-bond donors (Lipinski definition) is 1. The van der Waals surface area contributed by atoms with E-state index in [2.05, 4.69) is 0 Å². The monoisotopic (exact) mass is 180 g/mol. The third-order valence-electron chi connectivity index (χ3n) is 2.16. The van der Waals surface area contributed by atoms with E-state index in [1.807, 2.05) is 30.3 Å². The minimum absolute atomic E-state index is 0.188. The van der Waals surface area contributed by atoms with Crippen molar-refractivity contribution in [1.82, 2.24) is 0 Å². The maximum Gasteiger partial charge on any atom is 0.0500 e. The van der Waals surface area contributed by atoms with Crippen LogP contribution < -0.4 is 0 Å². The van der Waals surface area contributed by atoms with E-state index < -0.39 is 0 Å². The van der Waals surface area contributed by atoms with Gasteiger partial charge in [0, 0.05) is 19.6 Å². The van der Waals surface area contributed by atoms with Gasteiger partial charge in [-0.05, 0) is 12.0 Å². The maximum absolute atomic E-state index is 9.15. The zero-order chi connectivity index (χ0) is 9.52. The van der Waals surface area contributed by atoms with Gasteiger partial charge in [0.05, 0.1) is 6.61 Å². The van der Waals surface area contributed by atoms with Crippen LogP contribution >= 0.6 is 0 Å². The topological polar surface area (TPSA) is 29.5 Å². The zero-order valence-electron chi connectivity index (χ0n) is 7.94. The summed E-state index contributed by atoms with van der Waals surface area (Å²) in [4.78, 5) is 0. The van der Waals surface area contributed by atoms with Gasteiger partial charge in [-0.15, -0.1) is 0 Å². The zero-order valence-corrected chi connectivity index (χ0v) is 7.94. The first-order valence-corrected chi connectivity index (χ1v) is 4.53. The Morgan fingerprint density at radius 1 is 1.31 bits per heavy atom. The average molecular weight is 180 g/mol. The van der Waals surface area contributed by atoms with E-state index in [-0.39, 0.29) is 12.5 Å². The van der Waals surface area contributed by atoms with Crippen molar-refractivity contribution in [2.45, 2.75) is 12.3 Å². The number of ether oxygens (including phenoxy) is 1. The van der Waals surface area contributed by atoms with E-state index in [9.17, 15) is 0 Å². The van der Waals surface area contributed by atoms with Crippen LogP contribution in [0.25, 0.3) is 0 Å². The summed E-state index contributed by atoms with van der Waals surface area (Å²) < 4.78 is 4.98. The van der Waals surface area contributed by atoms with Crippen LogP contribution in [0.1, 0.15) is 17.9 Å². The Morgan fingerprint density at radius 2 is 2.00 bits per heavy atom. The molecule has 0 spiro atoms. The molecule has 0 heterocycles. The molecule has 72 valence electrons. The molecule has 1 N–H and O–H groups in total. The van der Waals surface area contributed by atoms with Gasteiger partial charge in [0.15, 0.2) is 0 Å². The van der Waals surface area contributed by atoms with E-state index in [0.717, 1.165) is 6.42 Å². The van der Waals surface area contributed by atoms with Crippen LogP contribution in [-0.4, -0.2) is 25.4 Å². The van der Waals surface area contributed by atoms with Gasteiger partial charge in [-0.1, -0.05) is 30.3 Å². The molecule has 1 aromatic carbocycles. The fourth-order valence-corrected chi connectivity index (χ4v) is 1.35. The number of hydrogen-bond acceptors (Lipinski definition) is 2. The molecule has 1 rings (SSSR count). The largest absolute Gasteiger partial charge is 0.396 e. The van der Waals surface area contributed by atoms with Crippen LogP contribution in [0.3, 0.4) is 0 Å². The molecule has 0 saturated carbocycles. The predicted octanol–water partition coefficient (Wildman–Crippen LogP) is 1.80. The molecule has 0 radical (unpaired) electrons. The molecule has 1 atom stereocenters. The Labute approximate surface area is 79.2 Å². The SMILES string of the molecule is COCCC(CO)c1ccccc1. The molecule has 13 heavy (non-hydrogen) atoms. The highest BCUT2D eigenvalue weighted by molar-refractivity contribution is 5.19. The van der Waals surface area contributed by atoms with Gasteiger partial charge < -0.3 is 9.84 Å². The Balaban J connectivity index is 2.56. The van der Waals surface area contributed by atoms with Crippen molar-refractivity contribution >= 4 is 0 Å². The van der Waals surface area contributed by atoms with Crippen LogP contribution in [-0.2, 0) is 4.74 Å². The van der Waals surface area contributed by atoms with Crippen molar-refractivity contribution in [3.05, 3.63) is 35.9 Å². The van der Waals surface area contributed by atoms with E-state index in [1.165, 1.54) is 5.56 Å². The summed E-state index contributed by atoms with van der Waals surface area (Å²) >= 11 is 0. The summed E-state index contributed by atoms with van der Waals surface area (Å²) in [7, 11) is 1.68. The standard InChI is InChI=1S/C11H16O2/c1-13-8-7-11(9-12)10-5-3-2-4-6-10/h2-6,11-12H,7-9H2,1H3. The third kappa shape index (κ3) is 3.17. The second kappa shape index (κ2) is 5.73. The lowest BCUT2D eigenvalue weighted by molar-refractivity contribution is 0.170. The lowest BCUT2D eigenvalue weighted by Crippen LogP contribution is -2.07. The number of benzene rings is 1. The van der Waals surface area contributed by atoms with Gasteiger partial charge in [0.25, 0.3) is 0 Å². The van der Waals surface area contributed by atoms with Gasteiger partial charge in [-0.2, -0.15) is 0 Å². The van der Waals surface area contributed by atoms with Crippen molar-refractivity contribution in [1.29, 1.82) is 0 Å². The predicted molar refractivity (Wildman–Crippen MR) is 52.8 cm³/mol. The summed E-state index contributed by atoms with van der Waals surface area (Å²) in [5.41, 5.74) is 1.18. The molecule has 2 nitrogen and oxygen atoms in total. The molecule has 0 aliphatic rings. The van der Waals surface area contributed by atoms with Crippen LogP contribution in [0.2, 0.25) is 0 Å². The lowest BCUT2D eigenvalue weighted by Gasteiger charge is -2.13. The van der Waals surface area contributed by atoms with Crippen molar-refractivity contribution < 1.29 is 9.84 Å². The highest BCUT2D eigenvalue weighted by atomic mass is 16.5. The number of methoxy groups -OCH3 is 1. The van der Waals surface area contributed by atoms with E-state index in [4.69, 9.17) is 9.84 Å². The number of aliphatic hydroxyl groups is 1. The molecule has 1 unspecified atom stereocenters. The fourth-order valence-electron chi connectivity index (χ4n) is 1.35. The van der Waals surface area contributed by atoms with Crippen LogP contribution in [0.4, 0.5) is 0 Å². The molecule has 1 aromatic rings. The molecule has 2 heteroatoms. The van der Waals surface area contributed by atoms with E-state index in [1.54, 1.807) is 7.11 Å². The van der Waals surface area contributed by atoms with E-state index >= 15 is 0 Å². The van der Waals surface area contributed by atoms with Crippen LogP contribution in [0.5, 0.6) is 0 Å². The number of aliphatic hydroxyl groups excluding tert-OH is 1. The van der Waals surface area contributed by atoms with Gasteiger partial charge in [-0.3, -0.25) is 0 Å². The molecule has 0 aliphatic carbocycles. The van der Waals surface area contributed by atoms with Crippen molar-refractivity contribution in [2.75, 3.05) is 20.3 Å². The van der Waals surface area contributed by atoms with Gasteiger partial charge in [0.2, 0.25) is 0 Å². The minimum atomic E-state index is 0.188. The molecule has 0 fully saturated rings. The highest BCUT2D eigenvalue weighted by Gasteiger charge is 2.08. The molecule has 0 aromatic heterocycles. The van der Waals surface area contributed by atoms with E-state index in [0.29, 0.717) is 6.61 Å². The van der Waals surface area contributed by atoms with Crippen molar-refractivity contribution in [3.63, 3.8) is 0 Å². The Hall–Kier alpha value is -0.860. The molecule has 0 aliphatic heterocycles. The summed E-state index contributed by atoms with van der Waals surface area (Å²) in [5.74, 6) is 0.209. The van der Waals surface area contributed by atoms with Gasteiger partial charge in [0.1, 0.15) is 0 Å². The fraction of sp³-hybridized carbons (Fsp3) is 0.455. The van der Waals surface area contributed by atoms with Crippen LogP contribution in [0.15, 0.2) is 30.3 Å². The first kappa shape index (κ1) is 10.2. The van der Waals surface area contributed by atoms with Gasteiger partial charge in [-0.25, -0.2) is 0 Å². The summed E-state index contributed by atoms with van der Waals surface area (Å²) in [6, 6.07) is 10.0. The maximum atomic E-state index is 9.15. The van der Waals surface area contributed by atoms with Crippen LogP contribution in [0, 0.1) is 0 Å². The van der Waals surface area contributed by atoms with Crippen molar-refractivity contribution in [2.24, 2.45) is 0 Å². The molecule has 0 amide bonds. The first-order valence-electron chi connectivity index (χ1n) is 4.53. The Morgan fingerprint density at radius 3 is 2.54 bits per heavy atom. The first-order chi connectivity index (χ1) is 6.38. The van der Waals surface area contributed by atoms with Crippen molar-refractivity contribution in [3.8, 4) is 0 Å². The quantitative estimate of drug-likeness (QED) is 0.748. The highest BCUT2D eigenvalue weighted by Crippen LogP contribution is 2.18. The lowest BCUT2D eigenvalue weighted by atomic mass is 9.97. The summed E-state index contributed by atoms with van der Waals surface area (Å²) in [6.07, 6.45) is 0.872. The summed E-state index contributed by atoms with van der Waals surface area (Å²) in [6.45, 7) is 0.882. The van der Waals surface area contributed by atoms with Gasteiger partial charge >= 0.3 is 0 Å². The third-order valence-corrected chi connectivity index (χ3v) is 2.16. The average Bonchev–Trinajstić information content (AvgIpc) is 2.21. The second-order valence-corrected chi connectivity index (χ2v) is 3.07. The smallest absolute Gasteiger partial charge is 0.0500 e. The number of rotatable bonds is 5. The normalized spacial score (nSPS) is 12.8. The molecule has 0 bridgehead atoms. The summed E-state index contributed by atoms with van der Waals surface area (Å²) in [5, 5.41) is 9.15. The molecular weight excluding hydrogens is 164 g/mol. The Kier molecular flexibility index (Phi) is 4.50. The molecule has 0 saturated heterocycles. The second-order valence-electron chi connectivity index (χ2n) is 3.07.